The summed E-state index contributed by atoms with van der Waals surface area (Å²) in [7, 11) is 0. The van der Waals surface area contributed by atoms with Gasteiger partial charge in [0.1, 0.15) is 11.4 Å². The van der Waals surface area contributed by atoms with Gasteiger partial charge in [0.25, 0.3) is 0 Å². The van der Waals surface area contributed by atoms with E-state index in [-0.39, 0.29) is 11.4 Å². The lowest BCUT2D eigenvalue weighted by Crippen LogP contribution is -2.72. The van der Waals surface area contributed by atoms with Crippen LogP contribution in [0.25, 0.3) is 0 Å². The highest BCUT2D eigenvalue weighted by atomic mass is 16.6. The number of hydrogen-bond acceptors (Lipinski definition) is 4. The zero-order valence-electron chi connectivity index (χ0n) is 7.31. The fraction of sp³-hybridized carbons (Fsp3) is 1.00. The highest BCUT2D eigenvalue weighted by Gasteiger charge is 2.53. The smallest absolute Gasteiger partial charge is 0.137 e. The number of nitrogens with one attached hydrogen (secondary N) is 1. The van der Waals surface area contributed by atoms with Gasteiger partial charge in [0.15, 0.2) is 0 Å². The van der Waals surface area contributed by atoms with Crippen LogP contribution in [0.2, 0.25) is 0 Å². The molecular formula is C8H17N3O. The van der Waals surface area contributed by atoms with Crippen LogP contribution in [0.3, 0.4) is 0 Å². The van der Waals surface area contributed by atoms with Gasteiger partial charge in [-0.25, -0.2) is 5.43 Å². The maximum Gasteiger partial charge on any atom is 0.137 e. The van der Waals surface area contributed by atoms with Gasteiger partial charge in [-0.3, -0.25) is 5.84 Å². The molecule has 0 radical (unpaired) electrons. The van der Waals surface area contributed by atoms with E-state index in [1.54, 1.807) is 0 Å². The van der Waals surface area contributed by atoms with Crippen molar-refractivity contribution in [3.63, 3.8) is 0 Å². The van der Waals surface area contributed by atoms with Crippen molar-refractivity contribution in [2.75, 3.05) is 0 Å². The molecule has 5 N–H and O–H groups in total. The topological polar surface area (TPSA) is 73.3 Å². The SMILES string of the molecule is NNC12CCCCCC(N)(C1)O2. The number of hydrogen-bond donors (Lipinski definition) is 3. The van der Waals surface area contributed by atoms with Gasteiger partial charge in [0, 0.05) is 6.42 Å². The van der Waals surface area contributed by atoms with Crippen LogP contribution < -0.4 is 17.0 Å². The fourth-order valence-corrected chi connectivity index (χ4v) is 2.31. The van der Waals surface area contributed by atoms with Crippen LogP contribution in [0.5, 0.6) is 0 Å². The summed E-state index contributed by atoms with van der Waals surface area (Å²) in [5.74, 6) is 5.42. The number of rotatable bonds is 1. The van der Waals surface area contributed by atoms with Crippen LogP contribution in [-0.4, -0.2) is 11.4 Å². The average Bonchev–Trinajstić information content (AvgIpc) is 1.94. The maximum absolute atomic E-state index is 5.96. The molecule has 0 amide bonds. The highest BCUT2D eigenvalue weighted by Crippen LogP contribution is 2.43. The first-order chi connectivity index (χ1) is 5.68. The predicted molar refractivity (Wildman–Crippen MR) is 45.8 cm³/mol. The maximum atomic E-state index is 5.96. The third-order valence-corrected chi connectivity index (χ3v) is 2.93. The van der Waals surface area contributed by atoms with Crippen molar-refractivity contribution >= 4 is 0 Å². The summed E-state index contributed by atoms with van der Waals surface area (Å²) in [6.07, 6.45) is 6.42. The Bertz CT molecular complexity index is 177. The van der Waals surface area contributed by atoms with Crippen LogP contribution in [0.15, 0.2) is 0 Å². The lowest BCUT2D eigenvalue weighted by Gasteiger charge is -2.55. The van der Waals surface area contributed by atoms with Crippen molar-refractivity contribution in [1.82, 2.24) is 5.43 Å². The summed E-state index contributed by atoms with van der Waals surface area (Å²) >= 11 is 0. The Morgan fingerprint density at radius 3 is 2.50 bits per heavy atom. The molecule has 2 heterocycles. The Labute approximate surface area is 72.6 Å². The van der Waals surface area contributed by atoms with E-state index in [1.807, 2.05) is 0 Å². The number of hydrazine groups is 1. The molecule has 70 valence electrons. The van der Waals surface area contributed by atoms with Crippen molar-refractivity contribution in [3.8, 4) is 0 Å². The molecular weight excluding hydrogens is 154 g/mol. The van der Waals surface area contributed by atoms with Gasteiger partial charge in [0.2, 0.25) is 0 Å². The molecule has 0 aromatic carbocycles. The minimum Gasteiger partial charge on any atom is -0.339 e. The van der Waals surface area contributed by atoms with Crippen LogP contribution in [-0.2, 0) is 4.74 Å². The largest absolute Gasteiger partial charge is 0.339 e. The van der Waals surface area contributed by atoms with Crippen LogP contribution in [0.4, 0.5) is 0 Å². The third kappa shape index (κ3) is 1.25. The molecule has 0 aromatic rings. The summed E-state index contributed by atoms with van der Waals surface area (Å²) in [6.45, 7) is 0. The summed E-state index contributed by atoms with van der Waals surface area (Å²) in [5.41, 5.74) is 8.01. The molecule has 3 aliphatic rings. The second-order valence-electron chi connectivity index (χ2n) is 4.04. The molecule has 2 unspecified atom stereocenters. The Morgan fingerprint density at radius 2 is 1.83 bits per heavy atom. The first-order valence-electron chi connectivity index (χ1n) is 4.65. The molecule has 12 heavy (non-hydrogen) atoms. The second-order valence-corrected chi connectivity index (χ2v) is 4.04. The van der Waals surface area contributed by atoms with Crippen LogP contribution >= 0.6 is 0 Å². The van der Waals surface area contributed by atoms with E-state index in [0.717, 1.165) is 19.3 Å². The zero-order valence-corrected chi connectivity index (χ0v) is 7.31. The van der Waals surface area contributed by atoms with E-state index in [0.29, 0.717) is 0 Å². The minimum absolute atomic E-state index is 0.296. The van der Waals surface area contributed by atoms with Crippen molar-refractivity contribution < 1.29 is 4.74 Å². The molecule has 2 saturated heterocycles. The molecule has 0 spiro atoms. The third-order valence-electron chi connectivity index (χ3n) is 2.93. The van der Waals surface area contributed by atoms with Gasteiger partial charge in [-0.15, -0.1) is 0 Å². The van der Waals surface area contributed by atoms with Gasteiger partial charge in [-0.2, -0.15) is 0 Å². The number of nitrogens with two attached hydrogens (primary N) is 2. The van der Waals surface area contributed by atoms with Gasteiger partial charge in [-0.05, 0) is 25.7 Å². The molecule has 4 nitrogen and oxygen atoms in total. The fourth-order valence-electron chi connectivity index (χ4n) is 2.31. The Balaban J connectivity index is 2.03. The molecule has 2 bridgehead atoms. The lowest BCUT2D eigenvalue weighted by molar-refractivity contribution is -0.296. The Morgan fingerprint density at radius 1 is 1.17 bits per heavy atom. The first kappa shape index (κ1) is 8.44. The number of fused-ring (bicyclic) bond motifs is 4. The van der Waals surface area contributed by atoms with Crippen LogP contribution in [0, 0.1) is 0 Å². The molecule has 2 aliphatic heterocycles. The Kier molecular flexibility index (Phi) is 1.88. The normalized spacial score (nSPS) is 47.5. The molecule has 1 saturated carbocycles. The van der Waals surface area contributed by atoms with Crippen molar-refractivity contribution in [2.45, 2.75) is 50.0 Å². The van der Waals surface area contributed by atoms with Crippen molar-refractivity contribution in [2.24, 2.45) is 11.6 Å². The Hall–Kier alpha value is -0.160. The molecule has 4 heteroatoms. The molecule has 2 atom stereocenters. The van der Waals surface area contributed by atoms with Crippen molar-refractivity contribution in [1.29, 1.82) is 0 Å². The van der Waals surface area contributed by atoms with Gasteiger partial charge in [0.05, 0.1) is 0 Å². The van der Waals surface area contributed by atoms with E-state index in [9.17, 15) is 0 Å². The molecule has 3 fully saturated rings. The quantitative estimate of drug-likeness (QED) is 0.389. The predicted octanol–water partition coefficient (Wildman–Crippen LogP) is 0.185. The van der Waals surface area contributed by atoms with E-state index in [2.05, 4.69) is 5.43 Å². The summed E-state index contributed by atoms with van der Waals surface area (Å²) in [5, 5.41) is 0. The first-order valence-corrected chi connectivity index (χ1v) is 4.65. The van der Waals surface area contributed by atoms with E-state index >= 15 is 0 Å². The van der Waals surface area contributed by atoms with E-state index in [4.69, 9.17) is 16.3 Å². The highest BCUT2D eigenvalue weighted by molar-refractivity contribution is 4.98. The minimum atomic E-state index is -0.382. The zero-order chi connectivity index (χ0) is 8.66. The summed E-state index contributed by atoms with van der Waals surface area (Å²) in [4.78, 5) is 0. The monoisotopic (exact) mass is 171 g/mol. The standard InChI is InChI=1S/C8H17N3O/c9-7-4-2-1-3-5-8(6-7,11-10)12-7/h11H,1-6,9-10H2. The van der Waals surface area contributed by atoms with Crippen LogP contribution in [0.1, 0.15) is 38.5 Å². The molecule has 0 aromatic heterocycles. The average molecular weight is 171 g/mol. The van der Waals surface area contributed by atoms with Gasteiger partial charge >= 0.3 is 0 Å². The molecule has 1 aliphatic carbocycles. The van der Waals surface area contributed by atoms with E-state index in [1.165, 1.54) is 19.3 Å². The van der Waals surface area contributed by atoms with E-state index < -0.39 is 0 Å². The number of ether oxygens (including phenoxy) is 1. The van der Waals surface area contributed by atoms with Crippen molar-refractivity contribution in [3.05, 3.63) is 0 Å². The lowest BCUT2D eigenvalue weighted by atomic mass is 9.82. The van der Waals surface area contributed by atoms with Gasteiger partial charge in [-0.1, -0.05) is 6.42 Å². The second kappa shape index (κ2) is 2.67. The summed E-state index contributed by atoms with van der Waals surface area (Å²) < 4.78 is 5.65. The summed E-state index contributed by atoms with van der Waals surface area (Å²) in [6, 6.07) is 0. The van der Waals surface area contributed by atoms with Gasteiger partial charge < -0.3 is 10.5 Å². The molecule has 3 rings (SSSR count).